The second-order valence-corrected chi connectivity index (χ2v) is 11.0. The largest absolute Gasteiger partial charge is 0.494 e. The predicted molar refractivity (Wildman–Crippen MR) is 135 cm³/mol. The first-order valence-corrected chi connectivity index (χ1v) is 13.1. The minimum Gasteiger partial charge on any atom is -0.494 e. The molecule has 0 fully saturated rings. The first-order valence-electron chi connectivity index (χ1n) is 11.7. The average molecular weight is 513 g/mol. The molecule has 0 saturated carbocycles. The van der Waals surface area contributed by atoms with E-state index in [4.69, 9.17) is 9.47 Å². The fourth-order valence-corrected chi connectivity index (χ4v) is 5.65. The highest BCUT2D eigenvalue weighted by Gasteiger charge is 2.35. The SMILES string of the molecule is CCOc1ccc(N(CC(=O)NC2CC(C)(C)Oc3ccccc32)S(=O)(=O)c2ccc(F)cc2)cc1. The number of rotatable bonds is 8. The van der Waals surface area contributed by atoms with Gasteiger partial charge in [-0.25, -0.2) is 12.8 Å². The van der Waals surface area contributed by atoms with Crippen LogP contribution in [0.1, 0.15) is 38.8 Å². The van der Waals surface area contributed by atoms with Crippen molar-refractivity contribution >= 4 is 21.6 Å². The van der Waals surface area contributed by atoms with Crippen LogP contribution in [0.15, 0.2) is 77.7 Å². The van der Waals surface area contributed by atoms with Gasteiger partial charge in [0.1, 0.15) is 29.5 Å². The fourth-order valence-electron chi connectivity index (χ4n) is 4.23. The van der Waals surface area contributed by atoms with E-state index in [1.807, 2.05) is 45.0 Å². The van der Waals surface area contributed by atoms with Crippen molar-refractivity contribution in [2.45, 2.75) is 43.7 Å². The summed E-state index contributed by atoms with van der Waals surface area (Å²) < 4.78 is 53.1. The van der Waals surface area contributed by atoms with E-state index < -0.39 is 33.9 Å². The third-order valence-electron chi connectivity index (χ3n) is 5.84. The smallest absolute Gasteiger partial charge is 0.264 e. The molecule has 4 rings (SSSR count). The van der Waals surface area contributed by atoms with Gasteiger partial charge in [-0.1, -0.05) is 18.2 Å². The molecule has 1 aliphatic rings. The van der Waals surface area contributed by atoms with Crippen molar-refractivity contribution in [1.82, 2.24) is 5.32 Å². The molecular weight excluding hydrogens is 483 g/mol. The maximum absolute atomic E-state index is 13.6. The van der Waals surface area contributed by atoms with Gasteiger partial charge >= 0.3 is 0 Å². The first-order chi connectivity index (χ1) is 17.1. The van der Waals surface area contributed by atoms with Crippen LogP contribution in [0.2, 0.25) is 0 Å². The number of carbonyl (C=O) groups is 1. The number of nitrogens with one attached hydrogen (secondary N) is 1. The molecule has 190 valence electrons. The Balaban J connectivity index is 1.64. The Morgan fingerprint density at radius 2 is 1.75 bits per heavy atom. The Labute approximate surface area is 210 Å². The molecule has 1 aliphatic heterocycles. The van der Waals surface area contributed by atoms with Crippen LogP contribution >= 0.6 is 0 Å². The maximum atomic E-state index is 13.6. The van der Waals surface area contributed by atoms with Crippen LogP contribution in [-0.4, -0.2) is 33.1 Å². The standard InChI is InChI=1S/C27H29FN2O5S/c1-4-34-21-13-11-20(12-14-21)30(36(32,33)22-15-9-19(28)10-16-22)18-26(31)29-24-17-27(2,3)35-25-8-6-5-7-23(24)25/h5-16,24H,4,17-18H2,1-3H3,(H,29,31). The summed E-state index contributed by atoms with van der Waals surface area (Å²) in [5.74, 6) is 0.222. The molecular formula is C27H29FN2O5S. The molecule has 3 aromatic carbocycles. The van der Waals surface area contributed by atoms with Gasteiger partial charge in [-0.3, -0.25) is 9.10 Å². The molecule has 0 saturated heterocycles. The van der Waals surface area contributed by atoms with Crippen LogP contribution in [0.25, 0.3) is 0 Å². The monoisotopic (exact) mass is 512 g/mol. The maximum Gasteiger partial charge on any atom is 0.264 e. The molecule has 0 aliphatic carbocycles. The van der Waals surface area contributed by atoms with E-state index in [1.165, 1.54) is 12.1 Å². The van der Waals surface area contributed by atoms with Gasteiger partial charge < -0.3 is 14.8 Å². The van der Waals surface area contributed by atoms with E-state index in [1.54, 1.807) is 24.3 Å². The van der Waals surface area contributed by atoms with Gasteiger partial charge in [0.2, 0.25) is 5.91 Å². The van der Waals surface area contributed by atoms with Crippen molar-refractivity contribution in [3.05, 3.63) is 84.2 Å². The summed E-state index contributed by atoms with van der Waals surface area (Å²) in [5, 5.41) is 2.99. The van der Waals surface area contributed by atoms with Gasteiger partial charge in [0.25, 0.3) is 10.0 Å². The van der Waals surface area contributed by atoms with E-state index >= 15 is 0 Å². The number of hydrogen-bond donors (Lipinski definition) is 1. The van der Waals surface area contributed by atoms with Gasteiger partial charge in [-0.05, 0) is 75.4 Å². The highest BCUT2D eigenvalue weighted by Crippen LogP contribution is 2.39. The normalized spacial score (nSPS) is 16.4. The molecule has 1 N–H and O–H groups in total. The molecule has 1 atom stereocenters. The average Bonchev–Trinajstić information content (AvgIpc) is 2.83. The van der Waals surface area contributed by atoms with E-state index in [-0.39, 0.29) is 16.6 Å². The van der Waals surface area contributed by atoms with Crippen molar-refractivity contribution in [2.24, 2.45) is 0 Å². The second kappa shape index (κ2) is 10.2. The summed E-state index contributed by atoms with van der Waals surface area (Å²) in [5.41, 5.74) is 0.603. The van der Waals surface area contributed by atoms with Crippen LogP contribution in [0.4, 0.5) is 10.1 Å². The van der Waals surface area contributed by atoms with Crippen molar-refractivity contribution in [1.29, 1.82) is 0 Å². The Hall–Kier alpha value is -3.59. The van der Waals surface area contributed by atoms with Gasteiger partial charge in [0.15, 0.2) is 0 Å². The van der Waals surface area contributed by atoms with Gasteiger partial charge in [0, 0.05) is 12.0 Å². The van der Waals surface area contributed by atoms with Crippen molar-refractivity contribution in [2.75, 3.05) is 17.5 Å². The topological polar surface area (TPSA) is 84.9 Å². The second-order valence-electron chi connectivity index (χ2n) is 9.12. The zero-order valence-corrected chi connectivity index (χ0v) is 21.2. The Kier molecular flexibility index (Phi) is 7.21. The van der Waals surface area contributed by atoms with Crippen LogP contribution in [0, 0.1) is 5.82 Å². The minimum atomic E-state index is -4.17. The summed E-state index contributed by atoms with van der Waals surface area (Å²) in [6.07, 6.45) is 0.517. The third kappa shape index (κ3) is 5.62. The van der Waals surface area contributed by atoms with Gasteiger partial charge in [0.05, 0.1) is 23.2 Å². The number of fused-ring (bicyclic) bond motifs is 1. The van der Waals surface area contributed by atoms with E-state index in [9.17, 15) is 17.6 Å². The number of amides is 1. The molecule has 0 aromatic heterocycles. The van der Waals surface area contributed by atoms with Crippen LogP contribution in [-0.2, 0) is 14.8 Å². The molecule has 1 unspecified atom stereocenters. The molecule has 1 amide bonds. The highest BCUT2D eigenvalue weighted by molar-refractivity contribution is 7.92. The Morgan fingerprint density at radius 3 is 2.42 bits per heavy atom. The van der Waals surface area contributed by atoms with Crippen molar-refractivity contribution in [3.8, 4) is 11.5 Å². The number of carbonyl (C=O) groups excluding carboxylic acids is 1. The molecule has 36 heavy (non-hydrogen) atoms. The molecule has 0 spiro atoms. The predicted octanol–water partition coefficient (Wildman–Crippen LogP) is 4.84. The number of nitrogens with zero attached hydrogens (tertiary/aromatic N) is 1. The third-order valence-corrected chi connectivity index (χ3v) is 7.62. The summed E-state index contributed by atoms with van der Waals surface area (Å²) in [7, 11) is -4.17. The number of para-hydroxylation sites is 1. The number of benzene rings is 3. The molecule has 0 radical (unpaired) electrons. The summed E-state index contributed by atoms with van der Waals surface area (Å²) >= 11 is 0. The number of ether oxygens (including phenoxy) is 2. The summed E-state index contributed by atoms with van der Waals surface area (Å²) in [4.78, 5) is 13.2. The number of hydrogen-bond acceptors (Lipinski definition) is 5. The lowest BCUT2D eigenvalue weighted by Crippen LogP contribution is -2.45. The highest BCUT2D eigenvalue weighted by atomic mass is 32.2. The molecule has 0 bridgehead atoms. The number of anilines is 1. The zero-order valence-electron chi connectivity index (χ0n) is 20.4. The Morgan fingerprint density at radius 1 is 1.08 bits per heavy atom. The van der Waals surface area contributed by atoms with Crippen molar-refractivity contribution in [3.63, 3.8) is 0 Å². The molecule has 9 heteroatoms. The van der Waals surface area contributed by atoms with Crippen molar-refractivity contribution < 1.29 is 27.1 Å². The zero-order chi connectivity index (χ0) is 25.9. The number of halogens is 1. The van der Waals surface area contributed by atoms with E-state index in [0.29, 0.717) is 24.5 Å². The van der Waals surface area contributed by atoms with E-state index in [2.05, 4.69) is 5.32 Å². The van der Waals surface area contributed by atoms with E-state index in [0.717, 1.165) is 22.0 Å². The Bertz CT molecular complexity index is 1330. The molecule has 7 nitrogen and oxygen atoms in total. The summed E-state index contributed by atoms with van der Waals surface area (Å²) in [6, 6.07) is 18.0. The minimum absolute atomic E-state index is 0.122. The number of sulfonamides is 1. The molecule has 3 aromatic rings. The lowest BCUT2D eigenvalue weighted by atomic mass is 9.89. The molecule has 1 heterocycles. The van der Waals surface area contributed by atoms with Gasteiger partial charge in [-0.15, -0.1) is 0 Å². The lowest BCUT2D eigenvalue weighted by molar-refractivity contribution is -0.120. The summed E-state index contributed by atoms with van der Waals surface area (Å²) in [6.45, 7) is 5.72. The quantitative estimate of drug-likeness (QED) is 0.467. The van der Waals surface area contributed by atoms with Crippen LogP contribution in [0.3, 0.4) is 0 Å². The fraction of sp³-hybridized carbons (Fsp3) is 0.296. The first kappa shape index (κ1) is 25.5. The van der Waals surface area contributed by atoms with Crippen LogP contribution in [0.5, 0.6) is 11.5 Å². The van der Waals surface area contributed by atoms with Gasteiger partial charge in [-0.2, -0.15) is 0 Å². The lowest BCUT2D eigenvalue weighted by Gasteiger charge is -2.38. The van der Waals surface area contributed by atoms with Crippen LogP contribution < -0.4 is 19.1 Å².